The number of hydrogen-bond acceptors (Lipinski definition) is 7. The molecule has 284 valence electrons. The number of carbonyl (C=O) groups is 2. The molecule has 0 fully saturated rings. The molecule has 9 nitrogen and oxygen atoms in total. The first-order chi connectivity index (χ1) is 23.3. The zero-order valence-corrected chi connectivity index (χ0v) is 31.8. The molecule has 0 aliphatic heterocycles. The average Bonchev–Trinajstić information content (AvgIpc) is 3.07. The first kappa shape index (κ1) is 46.8. The third-order valence-electron chi connectivity index (χ3n) is 8.45. The molecule has 0 saturated heterocycles. The first-order valence-electron chi connectivity index (χ1n) is 19.7. The highest BCUT2D eigenvalue weighted by molar-refractivity contribution is 7.47. The molecular weight excluding hydrogens is 629 g/mol. The molecule has 0 heterocycles. The maximum absolute atomic E-state index is 12.0. The van der Waals surface area contributed by atoms with Gasteiger partial charge in [-0.3, -0.25) is 18.6 Å². The predicted octanol–water partition coefficient (Wildman–Crippen LogP) is 10.3. The van der Waals surface area contributed by atoms with Crippen molar-refractivity contribution < 1.29 is 37.9 Å². The number of nitrogens with one attached hydrogen (secondary N) is 1. The maximum atomic E-state index is 12.0. The van der Waals surface area contributed by atoms with E-state index in [2.05, 4.69) is 31.3 Å². The van der Waals surface area contributed by atoms with Gasteiger partial charge in [0.2, 0.25) is 5.91 Å². The molecule has 0 bridgehead atoms. The summed E-state index contributed by atoms with van der Waals surface area (Å²) in [5.41, 5.74) is 0. The second kappa shape index (κ2) is 35.6. The van der Waals surface area contributed by atoms with Gasteiger partial charge in [-0.2, -0.15) is 0 Å². The van der Waals surface area contributed by atoms with E-state index in [0.29, 0.717) is 6.42 Å². The third-order valence-corrected chi connectivity index (χ3v) is 9.43. The van der Waals surface area contributed by atoms with E-state index in [4.69, 9.17) is 13.8 Å². The molecule has 0 aliphatic rings. The van der Waals surface area contributed by atoms with Crippen LogP contribution in [0.1, 0.15) is 187 Å². The molecule has 2 atom stereocenters. The summed E-state index contributed by atoms with van der Waals surface area (Å²) in [6.45, 7) is 3.53. The summed E-state index contributed by atoms with van der Waals surface area (Å²) in [6.07, 6.45) is 34.2. The number of carbonyl (C=O) groups excluding carboxylic acids is 2. The summed E-state index contributed by atoms with van der Waals surface area (Å²) in [5.74, 6) is -0.521. The Morgan fingerprint density at radius 2 is 1.06 bits per heavy atom. The van der Waals surface area contributed by atoms with Crippen molar-refractivity contribution in [2.24, 2.45) is 0 Å². The van der Waals surface area contributed by atoms with Gasteiger partial charge in [0.1, 0.15) is 12.7 Å². The van der Waals surface area contributed by atoms with Crippen LogP contribution in [0.4, 0.5) is 0 Å². The van der Waals surface area contributed by atoms with Crippen LogP contribution in [0.25, 0.3) is 0 Å². The number of aliphatic hydroxyl groups excluding tert-OH is 1. The smallest absolute Gasteiger partial charge is 0.463 e. The van der Waals surface area contributed by atoms with Crippen molar-refractivity contribution >= 4 is 19.7 Å². The average molecular weight is 704 g/mol. The Morgan fingerprint density at radius 3 is 1.60 bits per heavy atom. The van der Waals surface area contributed by atoms with Crippen LogP contribution in [0.15, 0.2) is 12.2 Å². The Morgan fingerprint density at radius 1 is 0.625 bits per heavy atom. The zero-order chi connectivity index (χ0) is 35.4. The van der Waals surface area contributed by atoms with E-state index in [-0.39, 0.29) is 32.1 Å². The van der Waals surface area contributed by atoms with E-state index in [9.17, 15) is 24.2 Å². The van der Waals surface area contributed by atoms with E-state index in [1.807, 2.05) is 0 Å². The number of rotatable bonds is 37. The number of phosphoric ester groups is 1. The lowest BCUT2D eigenvalue weighted by molar-refractivity contribution is -0.147. The number of hydrogen-bond donors (Lipinski definition) is 3. The monoisotopic (exact) mass is 704 g/mol. The van der Waals surface area contributed by atoms with Crippen molar-refractivity contribution in [3.8, 4) is 0 Å². The van der Waals surface area contributed by atoms with Crippen molar-refractivity contribution in [1.29, 1.82) is 0 Å². The van der Waals surface area contributed by atoms with Gasteiger partial charge in [0.25, 0.3) is 0 Å². The van der Waals surface area contributed by atoms with Crippen LogP contribution in [0.2, 0.25) is 0 Å². The molecule has 0 spiro atoms. The highest BCUT2D eigenvalue weighted by Crippen LogP contribution is 2.42. The minimum atomic E-state index is -4.41. The summed E-state index contributed by atoms with van der Waals surface area (Å²) >= 11 is 0. The Kier molecular flexibility index (Phi) is 34.6. The third kappa shape index (κ3) is 36.0. The summed E-state index contributed by atoms with van der Waals surface area (Å²) in [7, 11) is -4.41. The fraction of sp³-hybridized carbons (Fsp3) is 0.895. The second-order valence-corrected chi connectivity index (χ2v) is 14.7. The van der Waals surface area contributed by atoms with Crippen LogP contribution >= 0.6 is 7.82 Å². The van der Waals surface area contributed by atoms with Crippen LogP contribution < -0.4 is 5.32 Å². The Balaban J connectivity index is 3.60. The summed E-state index contributed by atoms with van der Waals surface area (Å²) < 4.78 is 26.8. The van der Waals surface area contributed by atoms with Gasteiger partial charge in [0, 0.05) is 19.4 Å². The van der Waals surface area contributed by atoms with Crippen LogP contribution in [0.5, 0.6) is 0 Å². The number of amides is 1. The number of ether oxygens (including phenoxy) is 1. The van der Waals surface area contributed by atoms with E-state index < -0.39 is 26.5 Å². The molecule has 2 unspecified atom stereocenters. The molecule has 48 heavy (non-hydrogen) atoms. The molecule has 0 saturated carbocycles. The van der Waals surface area contributed by atoms with Gasteiger partial charge in [0.05, 0.1) is 13.2 Å². The molecule has 0 aliphatic carbocycles. The lowest BCUT2D eigenvalue weighted by Gasteiger charge is -2.15. The Hall–Kier alpha value is -1.25. The topological polar surface area (TPSA) is 131 Å². The number of unbranched alkanes of at least 4 members (excludes halogenated alkanes) is 22. The second-order valence-electron chi connectivity index (χ2n) is 13.3. The zero-order valence-electron chi connectivity index (χ0n) is 30.9. The molecule has 0 aromatic carbocycles. The standard InChI is InChI=1S/C38H74NO8P/c1-3-5-7-9-11-13-15-17-18-19-20-22-24-26-28-30-37(41)39-32-33-46-48(43,44)47-35-36(40)34-45-38(42)31-29-27-25-23-21-16-14-12-10-8-6-4-2/h12,14,36,40H,3-11,13,15-35H2,1-2H3,(H,39,41)(H,43,44)/b14-12-. The molecule has 1 amide bonds. The number of allylic oxidation sites excluding steroid dienone is 2. The number of esters is 1. The lowest BCUT2D eigenvalue weighted by atomic mass is 10.0. The largest absolute Gasteiger partial charge is 0.472 e. The minimum Gasteiger partial charge on any atom is -0.463 e. The lowest BCUT2D eigenvalue weighted by Crippen LogP contribution is -2.27. The molecule has 3 N–H and O–H groups in total. The highest BCUT2D eigenvalue weighted by Gasteiger charge is 2.23. The first-order valence-corrected chi connectivity index (χ1v) is 21.2. The summed E-state index contributed by atoms with van der Waals surface area (Å²) in [5, 5.41) is 12.6. The van der Waals surface area contributed by atoms with Gasteiger partial charge in [-0.25, -0.2) is 4.57 Å². The van der Waals surface area contributed by atoms with Gasteiger partial charge in [-0.05, 0) is 38.5 Å². The minimum absolute atomic E-state index is 0.0851. The van der Waals surface area contributed by atoms with E-state index in [0.717, 1.165) is 57.8 Å². The summed E-state index contributed by atoms with van der Waals surface area (Å²) in [4.78, 5) is 33.7. The van der Waals surface area contributed by atoms with Crippen LogP contribution in [0.3, 0.4) is 0 Å². The van der Waals surface area contributed by atoms with Gasteiger partial charge >= 0.3 is 13.8 Å². The van der Waals surface area contributed by atoms with Crippen LogP contribution in [-0.4, -0.2) is 54.3 Å². The van der Waals surface area contributed by atoms with Gasteiger partial charge in [0.15, 0.2) is 0 Å². The Bertz CT molecular complexity index is 810. The van der Waals surface area contributed by atoms with E-state index in [1.54, 1.807) is 0 Å². The van der Waals surface area contributed by atoms with Crippen molar-refractivity contribution in [2.45, 2.75) is 193 Å². The van der Waals surface area contributed by atoms with Crippen LogP contribution in [-0.2, 0) is 27.9 Å². The molecule has 0 aromatic rings. The Labute approximate surface area is 294 Å². The summed E-state index contributed by atoms with van der Waals surface area (Å²) in [6, 6.07) is 0. The van der Waals surface area contributed by atoms with Crippen molar-refractivity contribution in [3.05, 3.63) is 12.2 Å². The van der Waals surface area contributed by atoms with Crippen LogP contribution in [0, 0.1) is 0 Å². The van der Waals surface area contributed by atoms with Gasteiger partial charge < -0.3 is 20.1 Å². The highest BCUT2D eigenvalue weighted by atomic mass is 31.2. The molecular formula is C38H74NO8P. The van der Waals surface area contributed by atoms with E-state index >= 15 is 0 Å². The normalized spacial score (nSPS) is 13.5. The van der Waals surface area contributed by atoms with Crippen molar-refractivity contribution in [3.63, 3.8) is 0 Å². The quantitative estimate of drug-likeness (QED) is 0.0252. The molecule has 10 heteroatoms. The van der Waals surface area contributed by atoms with Crippen molar-refractivity contribution in [1.82, 2.24) is 5.32 Å². The number of aliphatic hydroxyl groups is 1. The SMILES string of the molecule is CCCCC/C=C\CCCCCCCC(=O)OCC(O)COP(=O)(O)OCCNC(=O)CCCCCCCCCCCCCCCCC. The molecule has 0 aromatic heterocycles. The fourth-order valence-electron chi connectivity index (χ4n) is 5.43. The maximum Gasteiger partial charge on any atom is 0.472 e. The fourth-order valence-corrected chi connectivity index (χ4v) is 6.19. The van der Waals surface area contributed by atoms with E-state index in [1.165, 1.54) is 103 Å². The van der Waals surface area contributed by atoms with Gasteiger partial charge in [-0.15, -0.1) is 0 Å². The number of phosphoric acid groups is 1. The molecule has 0 rings (SSSR count). The predicted molar refractivity (Wildman–Crippen MR) is 197 cm³/mol. The molecule has 0 radical (unpaired) electrons. The van der Waals surface area contributed by atoms with Gasteiger partial charge in [-0.1, -0.05) is 148 Å². The van der Waals surface area contributed by atoms with Crippen molar-refractivity contribution in [2.75, 3.05) is 26.4 Å².